The second-order valence-electron chi connectivity index (χ2n) is 7.90. The minimum atomic E-state index is -3.67. The van der Waals surface area contributed by atoms with Gasteiger partial charge in [0.15, 0.2) is 0 Å². The van der Waals surface area contributed by atoms with Crippen LogP contribution in [0.4, 0.5) is 17.1 Å². The van der Waals surface area contributed by atoms with Gasteiger partial charge in [0.1, 0.15) is 0 Å². The predicted octanol–water partition coefficient (Wildman–Crippen LogP) is 5.12. The Kier molecular flexibility index (Phi) is 6.75. The number of nitrogens with zero attached hydrogens (tertiary/aromatic N) is 1. The van der Waals surface area contributed by atoms with Gasteiger partial charge >= 0.3 is 0 Å². The summed E-state index contributed by atoms with van der Waals surface area (Å²) in [4.78, 5) is 15.2. The quantitative estimate of drug-likeness (QED) is 0.547. The summed E-state index contributed by atoms with van der Waals surface area (Å²) in [6.45, 7) is 2.15. The summed E-state index contributed by atoms with van der Waals surface area (Å²) in [5.41, 5.74) is 2.75. The van der Waals surface area contributed by atoms with E-state index in [0.29, 0.717) is 11.3 Å². The SMILES string of the molecule is O=C(Nc1ccc(N2CCCCCC2)cc1)c1ccc(NS(=O)(=O)c2ccccc2)cc1. The number of amides is 1. The number of rotatable bonds is 6. The van der Waals surface area contributed by atoms with Gasteiger partial charge in [-0.05, 0) is 73.5 Å². The Balaban J connectivity index is 1.37. The molecule has 0 unspecified atom stereocenters. The van der Waals surface area contributed by atoms with Crippen LogP contribution in [0.3, 0.4) is 0 Å². The summed E-state index contributed by atoms with van der Waals surface area (Å²) in [7, 11) is -3.67. The van der Waals surface area contributed by atoms with Crippen molar-refractivity contribution in [1.82, 2.24) is 0 Å². The Morgan fingerprint density at radius 2 is 1.31 bits per heavy atom. The maximum Gasteiger partial charge on any atom is 0.261 e. The van der Waals surface area contributed by atoms with E-state index in [4.69, 9.17) is 0 Å². The van der Waals surface area contributed by atoms with Crippen molar-refractivity contribution in [3.8, 4) is 0 Å². The number of nitrogens with one attached hydrogen (secondary N) is 2. The van der Waals surface area contributed by atoms with Crippen LogP contribution in [0.15, 0.2) is 83.8 Å². The minimum Gasteiger partial charge on any atom is -0.372 e. The molecule has 1 amide bonds. The van der Waals surface area contributed by atoms with Crippen molar-refractivity contribution in [3.05, 3.63) is 84.4 Å². The molecule has 1 aliphatic rings. The Morgan fingerprint density at radius 1 is 0.719 bits per heavy atom. The summed E-state index contributed by atoms with van der Waals surface area (Å²) in [6, 6.07) is 22.4. The van der Waals surface area contributed by atoms with Gasteiger partial charge < -0.3 is 10.2 Å². The Morgan fingerprint density at radius 3 is 1.94 bits per heavy atom. The molecule has 0 aliphatic carbocycles. The first-order chi connectivity index (χ1) is 15.5. The lowest BCUT2D eigenvalue weighted by molar-refractivity contribution is 0.102. The van der Waals surface area contributed by atoms with Crippen LogP contribution >= 0.6 is 0 Å². The molecule has 1 saturated heterocycles. The third-order valence-electron chi connectivity index (χ3n) is 5.55. The Labute approximate surface area is 189 Å². The van der Waals surface area contributed by atoms with E-state index in [2.05, 4.69) is 14.9 Å². The average molecular weight is 450 g/mol. The smallest absolute Gasteiger partial charge is 0.261 e. The van der Waals surface area contributed by atoms with Gasteiger partial charge in [-0.3, -0.25) is 9.52 Å². The van der Waals surface area contributed by atoms with Crippen LogP contribution in [0.5, 0.6) is 0 Å². The van der Waals surface area contributed by atoms with Gasteiger partial charge in [-0.25, -0.2) is 8.42 Å². The molecule has 0 bridgehead atoms. The zero-order valence-corrected chi connectivity index (χ0v) is 18.6. The van der Waals surface area contributed by atoms with Crippen LogP contribution < -0.4 is 14.9 Å². The summed E-state index contributed by atoms with van der Waals surface area (Å²) in [5.74, 6) is -0.245. The zero-order valence-electron chi connectivity index (χ0n) is 17.8. The van der Waals surface area contributed by atoms with Crippen molar-refractivity contribution < 1.29 is 13.2 Å². The molecule has 0 spiro atoms. The van der Waals surface area contributed by atoms with Crippen molar-refractivity contribution in [2.45, 2.75) is 30.6 Å². The highest BCUT2D eigenvalue weighted by molar-refractivity contribution is 7.92. The van der Waals surface area contributed by atoms with Gasteiger partial charge in [0.25, 0.3) is 15.9 Å². The van der Waals surface area contributed by atoms with E-state index < -0.39 is 10.0 Å². The van der Waals surface area contributed by atoms with Crippen LogP contribution in [0.25, 0.3) is 0 Å². The maximum atomic E-state index is 12.6. The second-order valence-corrected chi connectivity index (χ2v) is 9.58. The number of anilines is 3. The van der Waals surface area contributed by atoms with E-state index in [1.165, 1.54) is 43.5 Å². The van der Waals surface area contributed by atoms with E-state index in [-0.39, 0.29) is 10.8 Å². The summed E-state index contributed by atoms with van der Waals surface area (Å²) >= 11 is 0. The lowest BCUT2D eigenvalue weighted by Gasteiger charge is -2.22. The fraction of sp³-hybridized carbons (Fsp3) is 0.240. The van der Waals surface area contributed by atoms with E-state index in [1.807, 2.05) is 24.3 Å². The summed E-state index contributed by atoms with van der Waals surface area (Å²) < 4.78 is 27.4. The van der Waals surface area contributed by atoms with Crippen LogP contribution in [-0.4, -0.2) is 27.4 Å². The van der Waals surface area contributed by atoms with Crippen molar-refractivity contribution >= 4 is 33.0 Å². The standard InChI is InChI=1S/C25H27N3O3S/c29-25(26-21-14-16-23(17-15-21)28-18-6-1-2-7-19-28)20-10-12-22(13-11-20)27-32(30,31)24-8-4-3-5-9-24/h3-5,8-17,27H,1-2,6-7,18-19H2,(H,26,29). The van der Waals surface area contributed by atoms with Crippen LogP contribution in [0.1, 0.15) is 36.0 Å². The average Bonchev–Trinajstić information content (AvgIpc) is 3.10. The summed E-state index contributed by atoms with van der Waals surface area (Å²) in [6.07, 6.45) is 5.01. The number of carbonyl (C=O) groups excluding carboxylic acids is 1. The molecule has 1 aliphatic heterocycles. The van der Waals surface area contributed by atoms with E-state index in [0.717, 1.165) is 18.8 Å². The van der Waals surface area contributed by atoms with Crippen molar-refractivity contribution in [1.29, 1.82) is 0 Å². The first kappa shape index (κ1) is 21.9. The first-order valence-electron chi connectivity index (χ1n) is 10.9. The third kappa shape index (κ3) is 5.48. The Hall–Kier alpha value is -3.32. The molecule has 0 radical (unpaired) electrons. The van der Waals surface area contributed by atoms with Crippen molar-refractivity contribution in [3.63, 3.8) is 0 Å². The molecule has 3 aromatic rings. The van der Waals surface area contributed by atoms with Crippen LogP contribution in [0.2, 0.25) is 0 Å². The topological polar surface area (TPSA) is 78.5 Å². The predicted molar refractivity (Wildman–Crippen MR) is 129 cm³/mol. The first-order valence-corrected chi connectivity index (χ1v) is 12.3. The van der Waals surface area contributed by atoms with Gasteiger partial charge in [-0.15, -0.1) is 0 Å². The highest BCUT2D eigenvalue weighted by Gasteiger charge is 2.14. The molecule has 7 heteroatoms. The lowest BCUT2D eigenvalue weighted by atomic mass is 10.2. The molecule has 0 saturated carbocycles. The molecule has 1 fully saturated rings. The van der Waals surface area contributed by atoms with E-state index >= 15 is 0 Å². The van der Waals surface area contributed by atoms with E-state index in [1.54, 1.807) is 42.5 Å². The second kappa shape index (κ2) is 9.87. The highest BCUT2D eigenvalue weighted by atomic mass is 32.2. The van der Waals surface area contributed by atoms with Gasteiger partial charge in [-0.2, -0.15) is 0 Å². The monoisotopic (exact) mass is 449 g/mol. The molecule has 3 aromatic carbocycles. The van der Waals surface area contributed by atoms with Crippen LogP contribution in [0, 0.1) is 0 Å². The summed E-state index contributed by atoms with van der Waals surface area (Å²) in [5, 5.41) is 2.90. The van der Waals surface area contributed by atoms with Gasteiger partial charge in [0, 0.05) is 35.7 Å². The zero-order chi connectivity index (χ0) is 22.4. The molecule has 1 heterocycles. The van der Waals surface area contributed by atoms with Crippen molar-refractivity contribution in [2.75, 3.05) is 28.0 Å². The lowest BCUT2D eigenvalue weighted by Crippen LogP contribution is -2.23. The number of sulfonamides is 1. The molecule has 4 rings (SSSR count). The number of benzene rings is 3. The van der Waals surface area contributed by atoms with E-state index in [9.17, 15) is 13.2 Å². The molecule has 6 nitrogen and oxygen atoms in total. The van der Waals surface area contributed by atoms with Gasteiger partial charge in [0.2, 0.25) is 0 Å². The highest BCUT2D eigenvalue weighted by Crippen LogP contribution is 2.22. The van der Waals surface area contributed by atoms with Crippen LogP contribution in [-0.2, 0) is 10.0 Å². The molecule has 166 valence electrons. The maximum absolute atomic E-state index is 12.6. The molecular weight excluding hydrogens is 422 g/mol. The largest absolute Gasteiger partial charge is 0.372 e. The minimum absolute atomic E-state index is 0.186. The molecule has 32 heavy (non-hydrogen) atoms. The fourth-order valence-electron chi connectivity index (χ4n) is 3.79. The molecule has 0 atom stereocenters. The number of carbonyl (C=O) groups is 1. The van der Waals surface area contributed by atoms with Gasteiger partial charge in [0.05, 0.1) is 4.90 Å². The molecular formula is C25H27N3O3S. The third-order valence-corrected chi connectivity index (χ3v) is 6.95. The number of hydrogen-bond acceptors (Lipinski definition) is 4. The fourth-order valence-corrected chi connectivity index (χ4v) is 4.87. The van der Waals surface area contributed by atoms with Gasteiger partial charge in [-0.1, -0.05) is 31.0 Å². The molecule has 0 aromatic heterocycles. The molecule has 2 N–H and O–H groups in total. The van der Waals surface area contributed by atoms with Crippen molar-refractivity contribution in [2.24, 2.45) is 0 Å². The number of hydrogen-bond donors (Lipinski definition) is 2. The Bertz CT molecular complexity index is 1140. The normalized spacial score (nSPS) is 14.4.